The van der Waals surface area contributed by atoms with Crippen LogP contribution in [0.2, 0.25) is 0 Å². The number of hydrogen-bond donors (Lipinski definition) is 1. The number of rotatable bonds is 6. The second-order valence-corrected chi connectivity index (χ2v) is 5.96. The van der Waals surface area contributed by atoms with Gasteiger partial charge in [-0.15, -0.1) is 0 Å². The minimum absolute atomic E-state index is 0.0934. The summed E-state index contributed by atoms with van der Waals surface area (Å²) in [5, 5.41) is 9.34. The first-order valence-electron chi connectivity index (χ1n) is 6.90. The summed E-state index contributed by atoms with van der Waals surface area (Å²) >= 11 is 1.44. The first-order chi connectivity index (χ1) is 10.6. The predicted molar refractivity (Wildman–Crippen MR) is 85.5 cm³/mol. The largest absolute Gasteiger partial charge is 0.373 e. The fourth-order valence-electron chi connectivity index (χ4n) is 1.71. The van der Waals surface area contributed by atoms with Gasteiger partial charge in [0.1, 0.15) is 0 Å². The van der Waals surface area contributed by atoms with Crippen molar-refractivity contribution in [2.75, 3.05) is 0 Å². The highest BCUT2D eigenvalue weighted by Gasteiger charge is 2.04. The Morgan fingerprint density at radius 3 is 2.73 bits per heavy atom. The summed E-state index contributed by atoms with van der Waals surface area (Å²) in [4.78, 5) is 18.8. The standard InChI is InChI=1S/C16H17N3O2S/c1-11(2)21-9-14-7-15(20)19-16(18-14)22-10-13-5-3-12(8-17)4-6-13/h3-7,11H,9-10H2,1-2H3,(H,18,19,20). The number of ether oxygens (including phenoxy) is 1. The average Bonchev–Trinajstić information content (AvgIpc) is 2.51. The number of nitrogens with zero attached hydrogens (tertiary/aromatic N) is 2. The number of benzene rings is 1. The maximum Gasteiger partial charge on any atom is 0.251 e. The minimum atomic E-state index is -0.181. The van der Waals surface area contributed by atoms with Crippen LogP contribution in [0.3, 0.4) is 0 Å². The van der Waals surface area contributed by atoms with Crippen LogP contribution >= 0.6 is 11.8 Å². The molecule has 0 aliphatic rings. The van der Waals surface area contributed by atoms with Gasteiger partial charge in [0.15, 0.2) is 5.16 Å². The first-order valence-corrected chi connectivity index (χ1v) is 7.89. The number of aromatic amines is 1. The van der Waals surface area contributed by atoms with E-state index in [0.717, 1.165) is 5.56 Å². The van der Waals surface area contributed by atoms with E-state index in [9.17, 15) is 4.79 Å². The van der Waals surface area contributed by atoms with Gasteiger partial charge in [0.25, 0.3) is 5.56 Å². The molecule has 2 aromatic rings. The molecular weight excluding hydrogens is 298 g/mol. The molecule has 0 radical (unpaired) electrons. The Kier molecular flexibility index (Phi) is 5.75. The Balaban J connectivity index is 2.02. The van der Waals surface area contributed by atoms with Gasteiger partial charge in [-0.05, 0) is 31.5 Å². The molecule has 6 heteroatoms. The molecule has 0 saturated heterocycles. The van der Waals surface area contributed by atoms with Crippen LogP contribution in [-0.2, 0) is 17.1 Å². The van der Waals surface area contributed by atoms with Crippen LogP contribution in [0.5, 0.6) is 0 Å². The van der Waals surface area contributed by atoms with Gasteiger partial charge < -0.3 is 9.72 Å². The van der Waals surface area contributed by atoms with Gasteiger partial charge in [0.2, 0.25) is 0 Å². The lowest BCUT2D eigenvalue weighted by molar-refractivity contribution is 0.0631. The Morgan fingerprint density at radius 1 is 1.36 bits per heavy atom. The van der Waals surface area contributed by atoms with Crippen LogP contribution < -0.4 is 5.56 Å². The van der Waals surface area contributed by atoms with E-state index in [4.69, 9.17) is 10.00 Å². The van der Waals surface area contributed by atoms with Crippen molar-refractivity contribution < 1.29 is 4.74 Å². The van der Waals surface area contributed by atoms with Gasteiger partial charge in [-0.2, -0.15) is 5.26 Å². The summed E-state index contributed by atoms with van der Waals surface area (Å²) in [5.74, 6) is 0.670. The van der Waals surface area contributed by atoms with E-state index in [0.29, 0.717) is 28.8 Å². The van der Waals surface area contributed by atoms with E-state index in [-0.39, 0.29) is 11.7 Å². The number of hydrogen-bond acceptors (Lipinski definition) is 5. The summed E-state index contributed by atoms with van der Waals surface area (Å²) in [6, 6.07) is 10.9. The zero-order valence-corrected chi connectivity index (χ0v) is 13.3. The van der Waals surface area contributed by atoms with Crippen molar-refractivity contribution in [3.8, 4) is 6.07 Å². The van der Waals surface area contributed by atoms with E-state index >= 15 is 0 Å². The molecule has 0 amide bonds. The summed E-state index contributed by atoms with van der Waals surface area (Å²) in [5.41, 5.74) is 2.14. The SMILES string of the molecule is CC(C)OCc1cc(=O)[nH]c(SCc2ccc(C#N)cc2)n1. The number of thioether (sulfide) groups is 1. The Bertz CT molecular complexity index is 717. The molecule has 1 heterocycles. The number of nitriles is 1. The van der Waals surface area contributed by atoms with Crippen LogP contribution in [0.15, 0.2) is 40.3 Å². The molecule has 22 heavy (non-hydrogen) atoms. The third kappa shape index (κ3) is 5.02. The lowest BCUT2D eigenvalue weighted by Gasteiger charge is -2.08. The van der Waals surface area contributed by atoms with Crippen LogP contribution in [0, 0.1) is 11.3 Å². The van der Waals surface area contributed by atoms with Crippen molar-refractivity contribution in [3.63, 3.8) is 0 Å². The number of nitrogens with one attached hydrogen (secondary N) is 1. The van der Waals surface area contributed by atoms with Crippen molar-refractivity contribution in [2.24, 2.45) is 0 Å². The van der Waals surface area contributed by atoms with Crippen molar-refractivity contribution in [3.05, 3.63) is 57.5 Å². The molecule has 0 saturated carbocycles. The second kappa shape index (κ2) is 7.78. The van der Waals surface area contributed by atoms with Crippen LogP contribution in [0.25, 0.3) is 0 Å². The molecule has 5 nitrogen and oxygen atoms in total. The Morgan fingerprint density at radius 2 is 2.09 bits per heavy atom. The quantitative estimate of drug-likeness (QED) is 0.655. The Hall–Kier alpha value is -2.10. The van der Waals surface area contributed by atoms with Crippen LogP contribution in [0.1, 0.15) is 30.7 Å². The molecule has 0 aliphatic carbocycles. The molecule has 0 atom stereocenters. The smallest absolute Gasteiger partial charge is 0.251 e. The van der Waals surface area contributed by atoms with Crippen LogP contribution in [0.4, 0.5) is 0 Å². The summed E-state index contributed by atoms with van der Waals surface area (Å²) in [7, 11) is 0. The van der Waals surface area contributed by atoms with Gasteiger partial charge in [-0.25, -0.2) is 4.98 Å². The van der Waals surface area contributed by atoms with E-state index in [1.165, 1.54) is 17.8 Å². The van der Waals surface area contributed by atoms with Gasteiger partial charge >= 0.3 is 0 Å². The molecule has 1 aromatic carbocycles. The fraction of sp³-hybridized carbons (Fsp3) is 0.312. The molecule has 0 bridgehead atoms. The van der Waals surface area contributed by atoms with Gasteiger partial charge in [0.05, 0.1) is 30.0 Å². The minimum Gasteiger partial charge on any atom is -0.373 e. The lowest BCUT2D eigenvalue weighted by atomic mass is 10.2. The maximum atomic E-state index is 11.7. The molecular formula is C16H17N3O2S. The monoisotopic (exact) mass is 315 g/mol. The van der Waals surface area contributed by atoms with E-state index < -0.39 is 0 Å². The van der Waals surface area contributed by atoms with Gasteiger partial charge in [-0.3, -0.25) is 4.79 Å². The molecule has 0 aliphatic heterocycles. The third-order valence-corrected chi connectivity index (χ3v) is 3.74. The topological polar surface area (TPSA) is 78.8 Å². The summed E-state index contributed by atoms with van der Waals surface area (Å²) in [6.45, 7) is 4.20. The van der Waals surface area contributed by atoms with Crippen molar-refractivity contribution in [1.82, 2.24) is 9.97 Å². The molecule has 1 aromatic heterocycles. The molecule has 0 unspecified atom stereocenters. The van der Waals surface area contributed by atoms with Crippen LogP contribution in [-0.4, -0.2) is 16.1 Å². The van der Waals surface area contributed by atoms with E-state index in [1.807, 2.05) is 26.0 Å². The molecule has 114 valence electrons. The summed E-state index contributed by atoms with van der Waals surface area (Å²) < 4.78 is 5.47. The molecule has 0 fully saturated rings. The highest BCUT2D eigenvalue weighted by atomic mass is 32.2. The van der Waals surface area contributed by atoms with Crippen molar-refractivity contribution in [1.29, 1.82) is 5.26 Å². The molecule has 1 N–H and O–H groups in total. The van der Waals surface area contributed by atoms with Crippen molar-refractivity contribution in [2.45, 2.75) is 37.5 Å². The highest BCUT2D eigenvalue weighted by Crippen LogP contribution is 2.19. The Labute approximate surface area is 133 Å². The number of H-pyrrole nitrogens is 1. The lowest BCUT2D eigenvalue weighted by Crippen LogP contribution is -2.12. The molecule has 0 spiro atoms. The predicted octanol–water partition coefficient (Wildman–Crippen LogP) is 2.86. The normalized spacial score (nSPS) is 10.6. The maximum absolute atomic E-state index is 11.7. The van der Waals surface area contributed by atoms with Gasteiger partial charge in [-0.1, -0.05) is 23.9 Å². The van der Waals surface area contributed by atoms with E-state index in [1.54, 1.807) is 12.1 Å². The zero-order chi connectivity index (χ0) is 15.9. The number of aromatic nitrogens is 2. The average molecular weight is 315 g/mol. The molecule has 2 rings (SSSR count). The third-order valence-electron chi connectivity index (χ3n) is 2.80. The zero-order valence-electron chi connectivity index (χ0n) is 12.5. The van der Waals surface area contributed by atoms with Crippen molar-refractivity contribution >= 4 is 11.8 Å². The van der Waals surface area contributed by atoms with E-state index in [2.05, 4.69) is 16.0 Å². The van der Waals surface area contributed by atoms with Gasteiger partial charge in [0, 0.05) is 11.8 Å². The highest BCUT2D eigenvalue weighted by molar-refractivity contribution is 7.98. The second-order valence-electron chi connectivity index (χ2n) is 5.00. The summed E-state index contributed by atoms with van der Waals surface area (Å²) in [6.07, 6.45) is 0.0934. The first kappa shape index (κ1) is 16.3. The fourth-order valence-corrected chi connectivity index (χ4v) is 2.56.